The number of carboxylic acids is 1. The van der Waals surface area contributed by atoms with Gasteiger partial charge >= 0.3 is 5.97 Å². The highest BCUT2D eigenvalue weighted by Crippen LogP contribution is 2.11. The molecule has 0 radical (unpaired) electrons. The fourth-order valence-electron chi connectivity index (χ4n) is 1.21. The van der Waals surface area contributed by atoms with Crippen molar-refractivity contribution in [2.24, 2.45) is 0 Å². The second-order valence-corrected chi connectivity index (χ2v) is 3.00. The van der Waals surface area contributed by atoms with Gasteiger partial charge in [-0.1, -0.05) is 18.2 Å². The Labute approximate surface area is 85.8 Å². The van der Waals surface area contributed by atoms with E-state index >= 15 is 0 Å². The van der Waals surface area contributed by atoms with E-state index in [9.17, 15) is 4.79 Å². The molecule has 15 heavy (non-hydrogen) atoms. The summed E-state index contributed by atoms with van der Waals surface area (Å²) in [5.41, 5.74) is 0.792. The van der Waals surface area contributed by atoms with Crippen LogP contribution in [0.25, 0.3) is 10.9 Å². The fourth-order valence-corrected chi connectivity index (χ4v) is 1.21. The summed E-state index contributed by atoms with van der Waals surface area (Å²) >= 11 is 0. The van der Waals surface area contributed by atoms with Crippen LogP contribution in [0.1, 0.15) is 0 Å². The Morgan fingerprint density at radius 2 is 2.20 bits per heavy atom. The van der Waals surface area contributed by atoms with E-state index in [2.05, 4.69) is 15.3 Å². The quantitative estimate of drug-likeness (QED) is 0.782. The first-order chi connectivity index (χ1) is 7.25. The van der Waals surface area contributed by atoms with Gasteiger partial charge in [0.25, 0.3) is 0 Å². The van der Waals surface area contributed by atoms with Crippen LogP contribution in [0, 0.1) is 0 Å². The van der Waals surface area contributed by atoms with Crippen LogP contribution in [-0.4, -0.2) is 27.6 Å². The van der Waals surface area contributed by atoms with Crippen molar-refractivity contribution in [2.75, 3.05) is 11.9 Å². The molecule has 2 N–H and O–H groups in total. The minimum absolute atomic E-state index is 0.182. The molecule has 1 aromatic heterocycles. The first-order valence-electron chi connectivity index (χ1n) is 4.43. The second kappa shape index (κ2) is 3.91. The monoisotopic (exact) mass is 203 g/mol. The molecule has 1 heterocycles. The molecule has 0 saturated heterocycles. The molecule has 0 saturated carbocycles. The highest BCUT2D eigenvalue weighted by Gasteiger charge is 2.00. The molecule has 2 rings (SSSR count). The van der Waals surface area contributed by atoms with Gasteiger partial charge in [-0.25, -0.2) is 9.97 Å². The number of benzene rings is 1. The van der Waals surface area contributed by atoms with E-state index < -0.39 is 5.97 Å². The van der Waals surface area contributed by atoms with Crippen LogP contribution in [0.5, 0.6) is 0 Å². The first-order valence-corrected chi connectivity index (χ1v) is 4.43. The van der Waals surface area contributed by atoms with Crippen molar-refractivity contribution >= 4 is 22.8 Å². The summed E-state index contributed by atoms with van der Waals surface area (Å²) in [5, 5.41) is 12.0. The van der Waals surface area contributed by atoms with Gasteiger partial charge in [-0.05, 0) is 6.07 Å². The van der Waals surface area contributed by atoms with Crippen molar-refractivity contribution in [1.29, 1.82) is 0 Å². The number of aliphatic carboxylic acids is 1. The largest absolute Gasteiger partial charge is 0.480 e. The van der Waals surface area contributed by atoms with Crippen molar-refractivity contribution in [2.45, 2.75) is 0 Å². The molecule has 0 spiro atoms. The molecular formula is C10H9N3O2. The summed E-state index contributed by atoms with van der Waals surface area (Å²) in [6, 6.07) is 7.52. The van der Waals surface area contributed by atoms with Crippen LogP contribution in [0.4, 0.5) is 5.95 Å². The van der Waals surface area contributed by atoms with Crippen molar-refractivity contribution in [3.63, 3.8) is 0 Å². The smallest absolute Gasteiger partial charge is 0.322 e. The first kappa shape index (κ1) is 9.39. The van der Waals surface area contributed by atoms with Gasteiger partial charge in [0, 0.05) is 11.6 Å². The van der Waals surface area contributed by atoms with Crippen molar-refractivity contribution in [1.82, 2.24) is 9.97 Å². The lowest BCUT2D eigenvalue weighted by Gasteiger charge is -2.02. The van der Waals surface area contributed by atoms with Crippen LogP contribution in [0.3, 0.4) is 0 Å². The third-order valence-electron chi connectivity index (χ3n) is 1.89. The Balaban J connectivity index is 2.26. The molecule has 5 heteroatoms. The molecule has 1 aromatic carbocycles. The molecule has 0 amide bonds. The Morgan fingerprint density at radius 1 is 1.40 bits per heavy atom. The number of nitrogens with one attached hydrogen (secondary N) is 1. The summed E-state index contributed by atoms with van der Waals surface area (Å²) in [6.45, 7) is -0.182. The maximum absolute atomic E-state index is 10.3. The van der Waals surface area contributed by atoms with Crippen molar-refractivity contribution < 1.29 is 9.90 Å². The van der Waals surface area contributed by atoms with Gasteiger partial charge in [0.1, 0.15) is 6.54 Å². The lowest BCUT2D eigenvalue weighted by Crippen LogP contribution is -2.14. The summed E-state index contributed by atoms with van der Waals surface area (Å²) in [4.78, 5) is 18.5. The number of anilines is 1. The normalized spacial score (nSPS) is 10.1. The van der Waals surface area contributed by atoms with Gasteiger partial charge in [-0.2, -0.15) is 0 Å². The Bertz CT molecular complexity index is 499. The second-order valence-electron chi connectivity index (χ2n) is 3.00. The molecule has 76 valence electrons. The van der Waals surface area contributed by atoms with Crippen LogP contribution in [-0.2, 0) is 4.79 Å². The van der Waals surface area contributed by atoms with Crippen LogP contribution in [0.15, 0.2) is 30.5 Å². The van der Waals surface area contributed by atoms with Crippen LogP contribution < -0.4 is 5.32 Å². The topological polar surface area (TPSA) is 75.1 Å². The molecule has 0 fully saturated rings. The third kappa shape index (κ3) is 2.19. The molecule has 0 atom stereocenters. The number of rotatable bonds is 3. The van der Waals surface area contributed by atoms with Crippen LogP contribution in [0.2, 0.25) is 0 Å². The zero-order valence-electron chi connectivity index (χ0n) is 7.84. The highest BCUT2D eigenvalue weighted by molar-refractivity contribution is 5.79. The Morgan fingerprint density at radius 3 is 3.00 bits per heavy atom. The lowest BCUT2D eigenvalue weighted by atomic mass is 10.2. The minimum atomic E-state index is -0.938. The number of para-hydroxylation sites is 1. The molecule has 0 aliphatic carbocycles. The van der Waals surface area contributed by atoms with E-state index in [1.54, 1.807) is 6.20 Å². The third-order valence-corrected chi connectivity index (χ3v) is 1.89. The van der Waals surface area contributed by atoms with Gasteiger partial charge in [0.05, 0.1) is 5.52 Å². The molecule has 0 unspecified atom stereocenters. The summed E-state index contributed by atoms with van der Waals surface area (Å²) in [7, 11) is 0. The molecule has 5 nitrogen and oxygen atoms in total. The molecule has 0 bridgehead atoms. The SMILES string of the molecule is O=C(O)CNc1ncc2ccccc2n1. The van der Waals surface area contributed by atoms with Gasteiger partial charge in [-0.15, -0.1) is 0 Å². The number of carboxylic acid groups (broad SMARTS) is 1. The Hall–Kier alpha value is -2.17. The van der Waals surface area contributed by atoms with Crippen molar-refractivity contribution in [3.05, 3.63) is 30.5 Å². The van der Waals surface area contributed by atoms with E-state index in [1.807, 2.05) is 24.3 Å². The summed E-state index contributed by atoms with van der Waals surface area (Å²) in [5.74, 6) is -0.608. The summed E-state index contributed by atoms with van der Waals surface area (Å²) < 4.78 is 0. The zero-order chi connectivity index (χ0) is 10.7. The standard InChI is InChI=1S/C10H9N3O2/c14-9(15)6-12-10-11-5-7-3-1-2-4-8(7)13-10/h1-5H,6H2,(H,14,15)(H,11,12,13). The zero-order valence-corrected chi connectivity index (χ0v) is 7.84. The van der Waals surface area contributed by atoms with E-state index in [0.29, 0.717) is 5.95 Å². The number of hydrogen-bond donors (Lipinski definition) is 2. The number of hydrogen-bond acceptors (Lipinski definition) is 4. The number of aromatic nitrogens is 2. The predicted octanol–water partition coefficient (Wildman–Crippen LogP) is 1.13. The van der Waals surface area contributed by atoms with Gasteiger partial charge in [0.2, 0.25) is 5.95 Å². The number of nitrogens with zero attached hydrogens (tertiary/aromatic N) is 2. The van der Waals surface area contributed by atoms with E-state index in [1.165, 1.54) is 0 Å². The predicted molar refractivity (Wildman–Crippen MR) is 55.7 cm³/mol. The maximum atomic E-state index is 10.3. The minimum Gasteiger partial charge on any atom is -0.480 e. The maximum Gasteiger partial charge on any atom is 0.322 e. The average molecular weight is 203 g/mol. The Kier molecular flexibility index (Phi) is 2.45. The molecular weight excluding hydrogens is 194 g/mol. The molecule has 2 aromatic rings. The van der Waals surface area contributed by atoms with Gasteiger partial charge in [-0.3, -0.25) is 4.79 Å². The lowest BCUT2D eigenvalue weighted by molar-refractivity contribution is -0.134. The molecule has 0 aliphatic rings. The molecule has 0 aliphatic heterocycles. The van der Waals surface area contributed by atoms with E-state index in [-0.39, 0.29) is 6.54 Å². The van der Waals surface area contributed by atoms with Gasteiger partial charge < -0.3 is 10.4 Å². The number of carbonyl (C=O) groups is 1. The van der Waals surface area contributed by atoms with E-state index in [0.717, 1.165) is 10.9 Å². The average Bonchev–Trinajstić information content (AvgIpc) is 2.26. The van der Waals surface area contributed by atoms with Gasteiger partial charge in [0.15, 0.2) is 0 Å². The number of fused-ring (bicyclic) bond motifs is 1. The van der Waals surface area contributed by atoms with Crippen molar-refractivity contribution in [3.8, 4) is 0 Å². The highest BCUT2D eigenvalue weighted by atomic mass is 16.4. The van der Waals surface area contributed by atoms with Crippen LogP contribution >= 0.6 is 0 Å². The van der Waals surface area contributed by atoms with E-state index in [4.69, 9.17) is 5.11 Å². The fraction of sp³-hybridized carbons (Fsp3) is 0.100. The summed E-state index contributed by atoms with van der Waals surface area (Å²) in [6.07, 6.45) is 1.66.